The SMILES string of the molecule is COc1ccc(OC)c(NC=C2C(=O)c3ccccc3N(Cc3cccc(C)c3)S2(=O)=O)c1. The zero-order valence-corrected chi connectivity index (χ0v) is 19.3. The number of nitrogens with one attached hydrogen (secondary N) is 1. The van der Waals surface area contributed by atoms with Crippen molar-refractivity contribution in [3.8, 4) is 11.5 Å². The van der Waals surface area contributed by atoms with E-state index in [-0.39, 0.29) is 11.4 Å². The maximum Gasteiger partial charge on any atom is 0.270 e. The molecule has 170 valence electrons. The predicted octanol–water partition coefficient (Wildman–Crippen LogP) is 4.50. The molecule has 3 aromatic rings. The standard InChI is InChI=1S/C25H24N2O5S/c1-17-7-6-8-18(13-17)16-27-22-10-5-4-9-20(22)25(28)24(33(27,29)30)15-26-21-14-19(31-2)11-12-23(21)32-3/h4-15,26H,16H2,1-3H3. The van der Waals surface area contributed by atoms with E-state index < -0.39 is 15.8 Å². The Hall–Kier alpha value is -3.78. The average Bonchev–Trinajstić information content (AvgIpc) is 2.81. The van der Waals surface area contributed by atoms with Crippen molar-refractivity contribution < 1.29 is 22.7 Å². The molecule has 7 nitrogen and oxygen atoms in total. The molecule has 33 heavy (non-hydrogen) atoms. The van der Waals surface area contributed by atoms with Gasteiger partial charge in [0, 0.05) is 17.8 Å². The van der Waals surface area contributed by atoms with Crippen LogP contribution in [0.15, 0.2) is 77.8 Å². The number of nitrogens with zero attached hydrogens (tertiary/aromatic N) is 1. The molecule has 0 radical (unpaired) electrons. The highest BCUT2D eigenvalue weighted by Gasteiger charge is 2.40. The number of Topliss-reactive ketones (excluding diaryl/α,β-unsaturated/α-hetero) is 1. The van der Waals surface area contributed by atoms with Crippen LogP contribution in [0.5, 0.6) is 11.5 Å². The monoisotopic (exact) mass is 464 g/mol. The molecule has 0 aliphatic carbocycles. The van der Waals surface area contributed by atoms with Crippen molar-refractivity contribution >= 4 is 27.2 Å². The number of benzene rings is 3. The van der Waals surface area contributed by atoms with Crippen LogP contribution in [0.4, 0.5) is 11.4 Å². The first kappa shape index (κ1) is 22.4. The van der Waals surface area contributed by atoms with Gasteiger partial charge < -0.3 is 14.8 Å². The van der Waals surface area contributed by atoms with Gasteiger partial charge in [0.25, 0.3) is 10.0 Å². The highest BCUT2D eigenvalue weighted by Crippen LogP contribution is 2.37. The number of aryl methyl sites for hydroxylation is 1. The van der Waals surface area contributed by atoms with Gasteiger partial charge in [-0.1, -0.05) is 42.0 Å². The van der Waals surface area contributed by atoms with Crippen LogP contribution in [-0.2, 0) is 16.6 Å². The van der Waals surface area contributed by atoms with Crippen LogP contribution in [0, 0.1) is 6.92 Å². The third kappa shape index (κ3) is 4.29. The fourth-order valence-electron chi connectivity index (χ4n) is 3.74. The molecular formula is C25H24N2O5S. The van der Waals surface area contributed by atoms with Gasteiger partial charge in [-0.25, -0.2) is 8.42 Å². The van der Waals surface area contributed by atoms with E-state index in [0.29, 0.717) is 28.4 Å². The largest absolute Gasteiger partial charge is 0.497 e. The fourth-order valence-corrected chi connectivity index (χ4v) is 5.26. The Morgan fingerprint density at radius 2 is 1.76 bits per heavy atom. The number of rotatable bonds is 6. The van der Waals surface area contributed by atoms with Crippen LogP contribution in [0.1, 0.15) is 21.5 Å². The molecule has 0 spiro atoms. The van der Waals surface area contributed by atoms with Gasteiger partial charge in [-0.05, 0) is 36.8 Å². The van der Waals surface area contributed by atoms with Crippen LogP contribution in [0.3, 0.4) is 0 Å². The average molecular weight is 465 g/mol. The number of ketones is 1. The Bertz CT molecular complexity index is 1350. The zero-order valence-electron chi connectivity index (χ0n) is 18.5. The Labute approximate surface area is 193 Å². The smallest absolute Gasteiger partial charge is 0.270 e. The summed E-state index contributed by atoms with van der Waals surface area (Å²) in [6.45, 7) is 2.05. The van der Waals surface area contributed by atoms with Crippen LogP contribution < -0.4 is 19.1 Å². The molecule has 1 aliphatic heterocycles. The number of anilines is 2. The molecule has 1 aliphatic rings. The van der Waals surface area contributed by atoms with Crippen molar-refractivity contribution in [3.63, 3.8) is 0 Å². The Morgan fingerprint density at radius 3 is 2.48 bits per heavy atom. The van der Waals surface area contributed by atoms with Gasteiger partial charge >= 0.3 is 0 Å². The van der Waals surface area contributed by atoms with Crippen molar-refractivity contribution in [2.45, 2.75) is 13.5 Å². The Kier molecular flexibility index (Phi) is 6.11. The van der Waals surface area contributed by atoms with E-state index in [2.05, 4.69) is 5.32 Å². The summed E-state index contributed by atoms with van der Waals surface area (Å²) in [4.78, 5) is 12.9. The van der Waals surface area contributed by atoms with Gasteiger partial charge in [-0.2, -0.15) is 0 Å². The van der Waals surface area contributed by atoms with E-state index in [9.17, 15) is 13.2 Å². The molecule has 0 aromatic heterocycles. The van der Waals surface area contributed by atoms with Crippen molar-refractivity contribution in [2.24, 2.45) is 0 Å². The van der Waals surface area contributed by atoms with Crippen LogP contribution in [-0.4, -0.2) is 28.4 Å². The summed E-state index contributed by atoms with van der Waals surface area (Å²) >= 11 is 0. The second-order valence-corrected chi connectivity index (χ2v) is 9.40. The van der Waals surface area contributed by atoms with E-state index in [1.165, 1.54) is 24.7 Å². The third-order valence-corrected chi connectivity index (χ3v) is 7.15. The molecule has 0 bridgehead atoms. The lowest BCUT2D eigenvalue weighted by atomic mass is 10.1. The van der Waals surface area contributed by atoms with E-state index >= 15 is 0 Å². The molecule has 0 fully saturated rings. The number of fused-ring (bicyclic) bond motifs is 1. The predicted molar refractivity (Wildman–Crippen MR) is 128 cm³/mol. The van der Waals surface area contributed by atoms with Crippen LogP contribution >= 0.6 is 0 Å². The molecule has 4 rings (SSSR count). The first-order valence-corrected chi connectivity index (χ1v) is 11.7. The van der Waals surface area contributed by atoms with Gasteiger partial charge in [0.1, 0.15) is 11.5 Å². The summed E-state index contributed by atoms with van der Waals surface area (Å²) in [5.74, 6) is 0.465. The number of para-hydroxylation sites is 1. The summed E-state index contributed by atoms with van der Waals surface area (Å²) in [6.07, 6.45) is 1.22. The normalized spacial score (nSPS) is 15.8. The van der Waals surface area contributed by atoms with Crippen molar-refractivity contribution in [2.75, 3.05) is 23.8 Å². The minimum atomic E-state index is -4.13. The topological polar surface area (TPSA) is 84.9 Å². The number of hydrogen-bond acceptors (Lipinski definition) is 6. The second kappa shape index (κ2) is 8.99. The quantitative estimate of drug-likeness (QED) is 0.541. The molecule has 8 heteroatoms. The number of ether oxygens (including phenoxy) is 2. The lowest BCUT2D eigenvalue weighted by Gasteiger charge is -2.31. The molecule has 3 aromatic carbocycles. The van der Waals surface area contributed by atoms with Gasteiger partial charge in [-0.3, -0.25) is 9.10 Å². The summed E-state index contributed by atoms with van der Waals surface area (Å²) in [6, 6.07) is 19.4. The molecule has 0 amide bonds. The molecular weight excluding hydrogens is 440 g/mol. The Morgan fingerprint density at radius 1 is 0.970 bits per heavy atom. The van der Waals surface area contributed by atoms with Gasteiger partial charge in [0.15, 0.2) is 4.91 Å². The lowest BCUT2D eigenvalue weighted by molar-refractivity contribution is 0.104. The van der Waals surface area contributed by atoms with Crippen LogP contribution in [0.25, 0.3) is 0 Å². The number of carbonyl (C=O) groups is 1. The second-order valence-electron chi connectivity index (χ2n) is 7.57. The highest BCUT2D eigenvalue weighted by atomic mass is 32.2. The zero-order chi connectivity index (χ0) is 23.6. The van der Waals surface area contributed by atoms with E-state index in [1.807, 2.05) is 31.2 Å². The van der Waals surface area contributed by atoms with Crippen LogP contribution in [0.2, 0.25) is 0 Å². The molecule has 1 heterocycles. The van der Waals surface area contributed by atoms with E-state index in [0.717, 1.165) is 11.1 Å². The highest BCUT2D eigenvalue weighted by molar-refractivity contribution is 7.97. The summed E-state index contributed by atoms with van der Waals surface area (Å²) in [5.41, 5.74) is 3.00. The van der Waals surface area contributed by atoms with Gasteiger partial charge in [0.2, 0.25) is 5.78 Å². The van der Waals surface area contributed by atoms with E-state index in [4.69, 9.17) is 9.47 Å². The van der Waals surface area contributed by atoms with Crippen molar-refractivity contribution in [1.29, 1.82) is 0 Å². The summed E-state index contributed by atoms with van der Waals surface area (Å²) in [5, 5.41) is 2.93. The minimum Gasteiger partial charge on any atom is -0.497 e. The number of carbonyl (C=O) groups excluding carboxylic acids is 1. The molecule has 0 saturated heterocycles. The lowest BCUT2D eigenvalue weighted by Crippen LogP contribution is -2.39. The maximum atomic E-state index is 13.6. The molecule has 0 atom stereocenters. The van der Waals surface area contributed by atoms with E-state index in [1.54, 1.807) is 42.5 Å². The molecule has 0 unspecified atom stereocenters. The summed E-state index contributed by atoms with van der Waals surface area (Å²) in [7, 11) is -1.10. The van der Waals surface area contributed by atoms with Crippen molar-refractivity contribution in [1.82, 2.24) is 0 Å². The molecule has 0 saturated carbocycles. The first-order valence-electron chi connectivity index (χ1n) is 10.3. The minimum absolute atomic E-state index is 0.105. The van der Waals surface area contributed by atoms with Crippen molar-refractivity contribution in [3.05, 3.63) is 94.5 Å². The fraction of sp³-hybridized carbons (Fsp3) is 0.160. The Balaban J connectivity index is 1.79. The summed E-state index contributed by atoms with van der Waals surface area (Å²) < 4.78 is 39.1. The number of sulfonamides is 1. The van der Waals surface area contributed by atoms with Gasteiger partial charge in [0.05, 0.1) is 32.1 Å². The number of hydrogen-bond donors (Lipinski definition) is 1. The first-order chi connectivity index (χ1) is 15.8. The molecule has 1 N–H and O–H groups in total. The van der Waals surface area contributed by atoms with Gasteiger partial charge in [-0.15, -0.1) is 0 Å². The third-order valence-electron chi connectivity index (χ3n) is 5.38. The number of methoxy groups -OCH3 is 2. The maximum absolute atomic E-state index is 13.6. The number of allylic oxidation sites excluding steroid dienone is 1.